The van der Waals surface area contributed by atoms with Crippen molar-refractivity contribution in [2.24, 2.45) is 5.41 Å². The molecular weight excluding hydrogens is 230 g/mol. The second-order valence-corrected chi connectivity index (χ2v) is 4.97. The Morgan fingerprint density at radius 3 is 2.89 bits per heavy atom. The molecule has 1 saturated carbocycles. The molecule has 1 amide bonds. The van der Waals surface area contributed by atoms with E-state index >= 15 is 0 Å². The Hall–Kier alpha value is -1.39. The molecular formula is C14H19NO3. The molecule has 4 nitrogen and oxygen atoms in total. The highest BCUT2D eigenvalue weighted by atomic mass is 16.5. The quantitative estimate of drug-likeness (QED) is 0.799. The molecule has 0 aromatic heterocycles. The van der Waals surface area contributed by atoms with Gasteiger partial charge in [0.25, 0.3) is 5.91 Å². The van der Waals surface area contributed by atoms with E-state index in [2.05, 4.69) is 5.32 Å². The third-order valence-electron chi connectivity index (χ3n) is 3.42. The first kappa shape index (κ1) is 13.1. The van der Waals surface area contributed by atoms with Gasteiger partial charge in [0.05, 0.1) is 13.2 Å². The number of hydrogen-bond donors (Lipinski definition) is 2. The fourth-order valence-electron chi connectivity index (χ4n) is 1.91. The molecule has 0 aliphatic heterocycles. The number of aliphatic hydroxyl groups excluding tert-OH is 1. The molecule has 0 radical (unpaired) electrons. The smallest absolute Gasteiger partial charge is 0.251 e. The number of nitrogens with one attached hydrogen (secondary N) is 1. The first-order valence-electron chi connectivity index (χ1n) is 6.16. The van der Waals surface area contributed by atoms with Crippen LogP contribution in [0.25, 0.3) is 0 Å². The lowest BCUT2D eigenvalue weighted by Crippen LogP contribution is -2.31. The summed E-state index contributed by atoms with van der Waals surface area (Å²) < 4.78 is 5.04. The zero-order chi connectivity index (χ0) is 13.0. The molecule has 0 bridgehead atoms. The standard InChI is InChI=1S/C14H19NO3/c1-18-8-11-3-2-4-12(7-11)13(17)15-9-14(10-16)5-6-14/h2-4,7,16H,5-6,8-10H2,1H3,(H,15,17). The van der Waals surface area contributed by atoms with E-state index in [1.807, 2.05) is 18.2 Å². The average Bonchev–Trinajstić information content (AvgIpc) is 3.17. The lowest BCUT2D eigenvalue weighted by Gasteiger charge is -2.13. The van der Waals surface area contributed by atoms with Crippen LogP contribution < -0.4 is 5.32 Å². The van der Waals surface area contributed by atoms with E-state index in [0.717, 1.165) is 18.4 Å². The van der Waals surface area contributed by atoms with Gasteiger partial charge in [0.1, 0.15) is 0 Å². The third-order valence-corrected chi connectivity index (χ3v) is 3.42. The number of amides is 1. The van der Waals surface area contributed by atoms with Gasteiger partial charge in [0, 0.05) is 24.6 Å². The molecule has 1 aromatic rings. The van der Waals surface area contributed by atoms with Gasteiger partial charge in [-0.15, -0.1) is 0 Å². The molecule has 2 rings (SSSR count). The van der Waals surface area contributed by atoms with E-state index in [0.29, 0.717) is 18.7 Å². The minimum absolute atomic E-state index is 0.0558. The molecule has 2 N–H and O–H groups in total. The summed E-state index contributed by atoms with van der Waals surface area (Å²) in [6.07, 6.45) is 1.99. The van der Waals surface area contributed by atoms with Crippen molar-refractivity contribution in [1.29, 1.82) is 0 Å². The van der Waals surface area contributed by atoms with Crippen LogP contribution in [0.1, 0.15) is 28.8 Å². The normalized spacial score (nSPS) is 16.3. The average molecular weight is 249 g/mol. The van der Waals surface area contributed by atoms with Gasteiger partial charge in [-0.3, -0.25) is 4.79 Å². The topological polar surface area (TPSA) is 58.6 Å². The van der Waals surface area contributed by atoms with Crippen LogP contribution in [0.5, 0.6) is 0 Å². The number of aliphatic hydroxyl groups is 1. The summed E-state index contributed by atoms with van der Waals surface area (Å²) in [7, 11) is 1.63. The zero-order valence-electron chi connectivity index (χ0n) is 10.6. The van der Waals surface area contributed by atoms with Crippen molar-refractivity contribution in [3.05, 3.63) is 35.4 Å². The van der Waals surface area contributed by atoms with E-state index in [1.165, 1.54) is 0 Å². The molecule has 1 aliphatic carbocycles. The second kappa shape index (κ2) is 5.50. The molecule has 1 aliphatic rings. The van der Waals surface area contributed by atoms with Gasteiger partial charge in [0.2, 0.25) is 0 Å². The van der Waals surface area contributed by atoms with E-state index < -0.39 is 0 Å². The summed E-state index contributed by atoms with van der Waals surface area (Å²) in [5.41, 5.74) is 1.56. The molecule has 0 unspecified atom stereocenters. The Kier molecular flexibility index (Phi) is 3.99. The number of carbonyl (C=O) groups is 1. The highest BCUT2D eigenvalue weighted by molar-refractivity contribution is 5.94. The summed E-state index contributed by atoms with van der Waals surface area (Å²) >= 11 is 0. The first-order valence-corrected chi connectivity index (χ1v) is 6.16. The van der Waals surface area contributed by atoms with E-state index in [-0.39, 0.29) is 17.9 Å². The Labute approximate surface area is 107 Å². The van der Waals surface area contributed by atoms with Crippen LogP contribution in [0, 0.1) is 5.41 Å². The molecule has 0 spiro atoms. The Morgan fingerprint density at radius 2 is 2.28 bits per heavy atom. The van der Waals surface area contributed by atoms with Crippen LogP contribution in [0.4, 0.5) is 0 Å². The highest BCUT2D eigenvalue weighted by Gasteiger charge is 2.42. The van der Waals surface area contributed by atoms with Gasteiger partial charge in [0.15, 0.2) is 0 Å². The van der Waals surface area contributed by atoms with Crippen molar-refractivity contribution < 1.29 is 14.6 Å². The lowest BCUT2D eigenvalue weighted by atomic mass is 10.1. The SMILES string of the molecule is COCc1cccc(C(=O)NCC2(CO)CC2)c1. The monoisotopic (exact) mass is 249 g/mol. The fraction of sp³-hybridized carbons (Fsp3) is 0.500. The van der Waals surface area contributed by atoms with Gasteiger partial charge < -0.3 is 15.2 Å². The highest BCUT2D eigenvalue weighted by Crippen LogP contribution is 2.44. The predicted octanol–water partition coefficient (Wildman–Crippen LogP) is 1.34. The number of carbonyl (C=O) groups excluding carboxylic acids is 1. The van der Waals surface area contributed by atoms with Crippen LogP contribution in [0.3, 0.4) is 0 Å². The summed E-state index contributed by atoms with van der Waals surface area (Å²) in [5.74, 6) is -0.0901. The molecule has 0 heterocycles. The lowest BCUT2D eigenvalue weighted by molar-refractivity contribution is 0.0935. The summed E-state index contributed by atoms with van der Waals surface area (Å²) in [5, 5.41) is 12.1. The molecule has 1 fully saturated rings. The van der Waals surface area contributed by atoms with Crippen LogP contribution in [-0.2, 0) is 11.3 Å². The van der Waals surface area contributed by atoms with Crippen molar-refractivity contribution in [3.8, 4) is 0 Å². The number of hydrogen-bond acceptors (Lipinski definition) is 3. The van der Waals surface area contributed by atoms with E-state index in [4.69, 9.17) is 4.74 Å². The minimum atomic E-state index is -0.0901. The van der Waals surface area contributed by atoms with Crippen LogP contribution in [0.2, 0.25) is 0 Å². The Bertz CT molecular complexity index is 427. The number of ether oxygens (including phenoxy) is 1. The summed E-state index contributed by atoms with van der Waals surface area (Å²) in [6.45, 7) is 1.20. The maximum Gasteiger partial charge on any atom is 0.251 e. The molecule has 18 heavy (non-hydrogen) atoms. The minimum Gasteiger partial charge on any atom is -0.396 e. The van der Waals surface area contributed by atoms with Gasteiger partial charge in [-0.05, 0) is 30.5 Å². The number of rotatable bonds is 6. The van der Waals surface area contributed by atoms with Crippen molar-refractivity contribution in [1.82, 2.24) is 5.32 Å². The van der Waals surface area contributed by atoms with Crippen molar-refractivity contribution in [2.45, 2.75) is 19.4 Å². The van der Waals surface area contributed by atoms with Crippen LogP contribution in [0.15, 0.2) is 24.3 Å². The van der Waals surface area contributed by atoms with Crippen molar-refractivity contribution in [3.63, 3.8) is 0 Å². The molecule has 4 heteroatoms. The van der Waals surface area contributed by atoms with Gasteiger partial charge >= 0.3 is 0 Å². The fourth-order valence-corrected chi connectivity index (χ4v) is 1.91. The van der Waals surface area contributed by atoms with Gasteiger partial charge in [-0.1, -0.05) is 12.1 Å². The maximum absolute atomic E-state index is 12.0. The van der Waals surface area contributed by atoms with E-state index in [9.17, 15) is 9.90 Å². The second-order valence-electron chi connectivity index (χ2n) is 4.97. The summed E-state index contributed by atoms with van der Waals surface area (Å²) in [6, 6.07) is 7.39. The van der Waals surface area contributed by atoms with Gasteiger partial charge in [-0.2, -0.15) is 0 Å². The molecule has 0 atom stereocenters. The number of methoxy groups -OCH3 is 1. The third kappa shape index (κ3) is 3.09. The Balaban J connectivity index is 1.93. The largest absolute Gasteiger partial charge is 0.396 e. The van der Waals surface area contributed by atoms with E-state index in [1.54, 1.807) is 13.2 Å². The number of benzene rings is 1. The molecule has 98 valence electrons. The van der Waals surface area contributed by atoms with Gasteiger partial charge in [-0.25, -0.2) is 0 Å². The Morgan fingerprint density at radius 1 is 1.50 bits per heavy atom. The van der Waals surface area contributed by atoms with Crippen molar-refractivity contribution in [2.75, 3.05) is 20.3 Å². The van der Waals surface area contributed by atoms with Crippen LogP contribution in [-0.4, -0.2) is 31.3 Å². The molecule has 0 saturated heterocycles. The summed E-state index contributed by atoms with van der Waals surface area (Å²) in [4.78, 5) is 12.0. The van der Waals surface area contributed by atoms with Crippen molar-refractivity contribution >= 4 is 5.91 Å². The van der Waals surface area contributed by atoms with Crippen LogP contribution >= 0.6 is 0 Å². The first-order chi connectivity index (χ1) is 8.69. The predicted molar refractivity (Wildman–Crippen MR) is 68.2 cm³/mol. The zero-order valence-corrected chi connectivity index (χ0v) is 10.6. The molecule has 1 aromatic carbocycles. The maximum atomic E-state index is 12.0.